The molecule has 7 heteroatoms. The van der Waals surface area contributed by atoms with Crippen molar-refractivity contribution >= 4 is 22.8 Å². The van der Waals surface area contributed by atoms with Crippen LogP contribution >= 0.6 is 0 Å². The topological polar surface area (TPSA) is 85.1 Å². The van der Waals surface area contributed by atoms with E-state index in [1.807, 2.05) is 24.3 Å². The number of anilines is 1. The van der Waals surface area contributed by atoms with Gasteiger partial charge in [0, 0.05) is 33.1 Å². The summed E-state index contributed by atoms with van der Waals surface area (Å²) >= 11 is 0. The third-order valence-corrected chi connectivity index (χ3v) is 4.13. The zero-order valence-corrected chi connectivity index (χ0v) is 13.9. The van der Waals surface area contributed by atoms with Crippen LogP contribution in [0.3, 0.4) is 0 Å². The number of nitrogens with zero attached hydrogens (tertiary/aromatic N) is 5. The van der Waals surface area contributed by atoms with E-state index < -0.39 is 6.04 Å². The Morgan fingerprint density at radius 3 is 2.42 bits per heavy atom. The van der Waals surface area contributed by atoms with Gasteiger partial charge in [-0.05, 0) is 19.2 Å². The number of carbonyl (C=O) groups excluding carboxylic acids is 1. The molecule has 0 aliphatic carbocycles. The Morgan fingerprint density at radius 1 is 1.21 bits per heavy atom. The maximum absolute atomic E-state index is 11.4. The molecule has 1 atom stereocenters. The van der Waals surface area contributed by atoms with E-state index in [4.69, 9.17) is 4.98 Å². The van der Waals surface area contributed by atoms with Crippen molar-refractivity contribution in [2.24, 2.45) is 0 Å². The van der Waals surface area contributed by atoms with Crippen LogP contribution in [0.1, 0.15) is 18.7 Å². The molecule has 3 rings (SSSR count). The van der Waals surface area contributed by atoms with Crippen LogP contribution in [0.25, 0.3) is 11.0 Å². The molecule has 0 saturated carbocycles. The van der Waals surface area contributed by atoms with Gasteiger partial charge in [-0.15, -0.1) is 0 Å². The maximum atomic E-state index is 11.4. The number of likely N-dealkylation sites (N-methyl/N-ethyl adjacent to an activating group) is 1. The second kappa shape index (κ2) is 6.81. The first-order valence-corrected chi connectivity index (χ1v) is 7.95. The molecular weight excluding hydrogens is 304 g/mol. The average molecular weight is 324 g/mol. The van der Waals surface area contributed by atoms with Crippen molar-refractivity contribution in [3.05, 3.63) is 30.0 Å². The van der Waals surface area contributed by atoms with Crippen LogP contribution in [0.4, 0.5) is 5.82 Å². The molecule has 24 heavy (non-hydrogen) atoms. The summed E-state index contributed by atoms with van der Waals surface area (Å²) in [5.74, 6) is 0.419. The minimum absolute atomic E-state index is 0.263. The number of hydrogen-bond acceptors (Lipinski definition) is 6. The van der Waals surface area contributed by atoms with Crippen LogP contribution < -0.4 is 10.2 Å². The Morgan fingerprint density at radius 2 is 1.83 bits per heavy atom. The second-order valence-corrected chi connectivity index (χ2v) is 5.97. The summed E-state index contributed by atoms with van der Waals surface area (Å²) in [7, 11) is 2.08. The van der Waals surface area contributed by atoms with E-state index in [0.29, 0.717) is 11.5 Å². The monoisotopic (exact) mass is 324 g/mol. The number of benzene rings is 1. The molecule has 1 aromatic heterocycles. The van der Waals surface area contributed by atoms with Gasteiger partial charge in [0.15, 0.2) is 11.9 Å². The van der Waals surface area contributed by atoms with Gasteiger partial charge < -0.3 is 15.1 Å². The van der Waals surface area contributed by atoms with Crippen LogP contribution in [0.2, 0.25) is 0 Å². The van der Waals surface area contributed by atoms with Crippen molar-refractivity contribution in [1.29, 1.82) is 5.26 Å². The molecule has 0 bridgehead atoms. The summed E-state index contributed by atoms with van der Waals surface area (Å²) in [4.78, 5) is 25.2. The number of aromatic nitrogens is 2. The van der Waals surface area contributed by atoms with Crippen molar-refractivity contribution in [1.82, 2.24) is 20.2 Å². The number of para-hydroxylation sites is 2. The Bertz CT molecular complexity index is 791. The summed E-state index contributed by atoms with van der Waals surface area (Å²) in [5.41, 5.74) is 2.02. The zero-order chi connectivity index (χ0) is 17.1. The lowest BCUT2D eigenvalue weighted by molar-refractivity contribution is -0.119. The van der Waals surface area contributed by atoms with Crippen molar-refractivity contribution in [3.8, 4) is 6.07 Å². The lowest BCUT2D eigenvalue weighted by Gasteiger charge is -2.34. The second-order valence-electron chi connectivity index (χ2n) is 5.97. The number of carbonyl (C=O) groups is 1. The molecule has 2 heterocycles. The van der Waals surface area contributed by atoms with Gasteiger partial charge in [-0.3, -0.25) is 4.79 Å². The summed E-state index contributed by atoms with van der Waals surface area (Å²) in [6, 6.07) is 8.89. The third-order valence-electron chi connectivity index (χ3n) is 4.13. The highest BCUT2D eigenvalue weighted by atomic mass is 16.1. The molecule has 1 N–H and O–H groups in total. The first-order valence-electron chi connectivity index (χ1n) is 7.95. The predicted octanol–water partition coefficient (Wildman–Crippen LogP) is 1.08. The Balaban J connectivity index is 2.08. The van der Waals surface area contributed by atoms with Crippen molar-refractivity contribution in [2.75, 3.05) is 38.1 Å². The normalized spacial score (nSPS) is 16.6. The lowest BCUT2D eigenvalue weighted by Crippen LogP contribution is -2.45. The molecule has 1 amide bonds. The molecule has 0 radical (unpaired) electrons. The van der Waals surface area contributed by atoms with Crippen LogP contribution in [-0.2, 0) is 4.79 Å². The van der Waals surface area contributed by atoms with Crippen molar-refractivity contribution in [3.63, 3.8) is 0 Å². The quantitative estimate of drug-likeness (QED) is 0.909. The van der Waals surface area contributed by atoms with Gasteiger partial charge in [-0.25, -0.2) is 9.97 Å². The van der Waals surface area contributed by atoms with Gasteiger partial charge in [0.05, 0.1) is 17.1 Å². The Kier molecular flexibility index (Phi) is 4.58. The highest BCUT2D eigenvalue weighted by Gasteiger charge is 2.25. The number of fused-ring (bicyclic) bond motifs is 1. The lowest BCUT2D eigenvalue weighted by atomic mass is 10.1. The molecule has 1 aliphatic rings. The highest BCUT2D eigenvalue weighted by Crippen LogP contribution is 2.26. The largest absolute Gasteiger partial charge is 0.352 e. The van der Waals surface area contributed by atoms with Gasteiger partial charge in [0.1, 0.15) is 5.69 Å². The van der Waals surface area contributed by atoms with Gasteiger partial charge in [-0.2, -0.15) is 5.26 Å². The first-order chi connectivity index (χ1) is 11.6. The van der Waals surface area contributed by atoms with E-state index in [-0.39, 0.29) is 5.91 Å². The minimum atomic E-state index is -0.811. The Labute approximate surface area is 140 Å². The number of nitrogens with one attached hydrogen (secondary N) is 1. The predicted molar refractivity (Wildman–Crippen MR) is 91.4 cm³/mol. The van der Waals surface area contributed by atoms with Gasteiger partial charge in [0.25, 0.3) is 0 Å². The van der Waals surface area contributed by atoms with Crippen molar-refractivity contribution in [2.45, 2.75) is 13.0 Å². The molecule has 0 spiro atoms. The van der Waals surface area contributed by atoms with E-state index >= 15 is 0 Å². The molecule has 1 unspecified atom stereocenters. The maximum Gasteiger partial charge on any atom is 0.218 e. The zero-order valence-electron chi connectivity index (χ0n) is 13.9. The molecule has 1 fully saturated rings. The molecule has 124 valence electrons. The molecule has 1 aromatic carbocycles. The van der Waals surface area contributed by atoms with E-state index in [1.54, 1.807) is 0 Å². The summed E-state index contributed by atoms with van der Waals surface area (Å²) in [5, 5.41) is 12.2. The van der Waals surface area contributed by atoms with Gasteiger partial charge in [0.2, 0.25) is 5.91 Å². The van der Waals surface area contributed by atoms with E-state index in [9.17, 15) is 10.1 Å². The smallest absolute Gasteiger partial charge is 0.218 e. The van der Waals surface area contributed by atoms with Crippen molar-refractivity contribution < 1.29 is 4.79 Å². The van der Waals surface area contributed by atoms with E-state index in [2.05, 4.69) is 33.2 Å². The standard InChI is InChI=1S/C17H20N6O/c1-12(24)19-15(11-18)16-17(23-9-7-22(2)8-10-23)21-14-6-4-3-5-13(14)20-16/h3-6,15H,7-10H2,1-2H3,(H,19,24). The third kappa shape index (κ3) is 3.29. The van der Waals surface area contributed by atoms with Crippen LogP contribution in [0.15, 0.2) is 24.3 Å². The van der Waals surface area contributed by atoms with Crippen LogP contribution in [0, 0.1) is 11.3 Å². The van der Waals surface area contributed by atoms with E-state index in [0.717, 1.165) is 37.2 Å². The fourth-order valence-electron chi connectivity index (χ4n) is 2.81. The average Bonchev–Trinajstić information content (AvgIpc) is 2.59. The molecule has 1 saturated heterocycles. The number of nitriles is 1. The molecular formula is C17H20N6O. The fraction of sp³-hybridized carbons (Fsp3) is 0.412. The summed E-state index contributed by atoms with van der Waals surface area (Å²) < 4.78 is 0. The molecule has 2 aromatic rings. The van der Waals surface area contributed by atoms with Gasteiger partial charge >= 0.3 is 0 Å². The number of amides is 1. The highest BCUT2D eigenvalue weighted by molar-refractivity contribution is 5.78. The van der Waals surface area contributed by atoms with Crippen LogP contribution in [0.5, 0.6) is 0 Å². The number of hydrogen-bond donors (Lipinski definition) is 1. The van der Waals surface area contributed by atoms with Crippen LogP contribution in [-0.4, -0.2) is 54.0 Å². The minimum Gasteiger partial charge on any atom is -0.352 e. The number of rotatable bonds is 3. The SMILES string of the molecule is CC(=O)NC(C#N)c1nc2ccccc2nc1N1CCN(C)CC1. The summed E-state index contributed by atoms with van der Waals surface area (Å²) in [6.45, 7) is 4.87. The van der Waals surface area contributed by atoms with E-state index in [1.165, 1.54) is 6.92 Å². The molecule has 7 nitrogen and oxygen atoms in total. The fourth-order valence-corrected chi connectivity index (χ4v) is 2.81. The molecule has 1 aliphatic heterocycles. The first kappa shape index (κ1) is 16.1. The summed E-state index contributed by atoms with van der Waals surface area (Å²) in [6.07, 6.45) is 0. The van der Waals surface area contributed by atoms with Gasteiger partial charge in [-0.1, -0.05) is 12.1 Å². The number of piperazine rings is 1. The Hall–Kier alpha value is -2.72.